The zero-order valence-electron chi connectivity index (χ0n) is 13.1. The largest absolute Gasteiger partial charge is 0.326 e. The van der Waals surface area contributed by atoms with E-state index in [1.807, 2.05) is 6.07 Å². The Labute approximate surface area is 154 Å². The van der Waals surface area contributed by atoms with Gasteiger partial charge >= 0.3 is 0 Å². The number of nitrogens with zero attached hydrogens (tertiary/aromatic N) is 1. The molecule has 2 amide bonds. The van der Waals surface area contributed by atoms with E-state index in [9.17, 15) is 18.0 Å². The van der Waals surface area contributed by atoms with Crippen LogP contribution in [-0.4, -0.2) is 31.1 Å². The fourth-order valence-electron chi connectivity index (χ4n) is 2.63. The average Bonchev–Trinajstić information content (AvgIpc) is 2.76. The van der Waals surface area contributed by atoms with E-state index in [4.69, 9.17) is 0 Å². The van der Waals surface area contributed by atoms with E-state index in [0.717, 1.165) is 8.78 Å². The van der Waals surface area contributed by atoms with Gasteiger partial charge < -0.3 is 5.32 Å². The maximum atomic E-state index is 12.4. The van der Waals surface area contributed by atoms with Gasteiger partial charge in [0.25, 0.3) is 15.9 Å². The van der Waals surface area contributed by atoms with Crippen LogP contribution in [0.15, 0.2) is 57.9 Å². The number of fused-ring (bicyclic) bond motifs is 1. The van der Waals surface area contributed by atoms with E-state index in [1.165, 1.54) is 12.1 Å². The standard InChI is InChI=1S/C17H15BrN2O4S/c18-12-5-3-6-13(11-12)19-16(21)9-4-10-20-17(22)14-7-1-2-8-15(14)25(20,23)24/h1-3,5-8,11H,4,9-10H2,(H,19,21). The first kappa shape index (κ1) is 17.6. The van der Waals surface area contributed by atoms with Crippen molar-refractivity contribution in [3.8, 4) is 0 Å². The van der Waals surface area contributed by atoms with E-state index >= 15 is 0 Å². The van der Waals surface area contributed by atoms with Crippen LogP contribution < -0.4 is 5.32 Å². The van der Waals surface area contributed by atoms with E-state index in [0.29, 0.717) is 5.69 Å². The summed E-state index contributed by atoms with van der Waals surface area (Å²) >= 11 is 3.32. The fourth-order valence-corrected chi connectivity index (χ4v) is 4.63. The fraction of sp³-hybridized carbons (Fsp3) is 0.176. The number of hydrogen-bond acceptors (Lipinski definition) is 4. The summed E-state index contributed by atoms with van der Waals surface area (Å²) in [5.41, 5.74) is 0.831. The molecule has 0 saturated heterocycles. The average molecular weight is 423 g/mol. The van der Waals surface area contributed by atoms with E-state index in [-0.39, 0.29) is 35.8 Å². The Morgan fingerprint density at radius 1 is 1.12 bits per heavy atom. The number of sulfonamides is 1. The summed E-state index contributed by atoms with van der Waals surface area (Å²) in [7, 11) is -3.81. The summed E-state index contributed by atoms with van der Waals surface area (Å²) in [6.07, 6.45) is 0.362. The molecule has 0 bridgehead atoms. The molecular weight excluding hydrogens is 408 g/mol. The summed E-state index contributed by atoms with van der Waals surface area (Å²) in [4.78, 5) is 24.3. The Kier molecular flexibility index (Phi) is 4.91. The van der Waals surface area contributed by atoms with Crippen LogP contribution in [-0.2, 0) is 14.8 Å². The Morgan fingerprint density at radius 2 is 1.88 bits per heavy atom. The highest BCUT2D eigenvalue weighted by atomic mass is 79.9. The van der Waals surface area contributed by atoms with Gasteiger partial charge in [0.1, 0.15) is 4.90 Å². The minimum atomic E-state index is -3.81. The van der Waals surface area contributed by atoms with Crippen LogP contribution in [0.3, 0.4) is 0 Å². The molecule has 6 nitrogen and oxygen atoms in total. The van der Waals surface area contributed by atoms with Gasteiger partial charge in [-0.1, -0.05) is 34.1 Å². The predicted molar refractivity (Wildman–Crippen MR) is 96.7 cm³/mol. The van der Waals surface area contributed by atoms with Gasteiger partial charge in [-0.2, -0.15) is 0 Å². The molecule has 0 fully saturated rings. The summed E-state index contributed by atoms with van der Waals surface area (Å²) in [6, 6.07) is 13.3. The van der Waals surface area contributed by atoms with Crippen LogP contribution in [0.2, 0.25) is 0 Å². The Hall–Kier alpha value is -2.19. The molecule has 1 heterocycles. The van der Waals surface area contributed by atoms with Crippen LogP contribution in [0.1, 0.15) is 23.2 Å². The maximum Gasteiger partial charge on any atom is 0.269 e. The molecule has 0 aromatic heterocycles. The first-order valence-electron chi connectivity index (χ1n) is 7.61. The van der Waals surface area contributed by atoms with Gasteiger partial charge in [0.15, 0.2) is 0 Å². The molecule has 25 heavy (non-hydrogen) atoms. The van der Waals surface area contributed by atoms with Crippen molar-refractivity contribution in [2.75, 3.05) is 11.9 Å². The molecule has 0 radical (unpaired) electrons. The molecule has 8 heteroatoms. The molecule has 0 spiro atoms. The third-order valence-electron chi connectivity index (χ3n) is 3.79. The minimum absolute atomic E-state index is 0.0260. The van der Waals surface area contributed by atoms with Crippen molar-refractivity contribution < 1.29 is 18.0 Å². The predicted octanol–water partition coefficient (Wildman–Crippen LogP) is 3.01. The number of nitrogens with one attached hydrogen (secondary N) is 1. The second-order valence-corrected chi connectivity index (χ2v) is 8.29. The van der Waals surface area contributed by atoms with Crippen LogP contribution in [0.4, 0.5) is 5.69 Å². The quantitative estimate of drug-likeness (QED) is 0.802. The molecule has 0 saturated carbocycles. The highest BCUT2D eigenvalue weighted by molar-refractivity contribution is 9.10. The topological polar surface area (TPSA) is 83.6 Å². The number of carbonyl (C=O) groups is 2. The van der Waals surface area contributed by atoms with Crippen molar-refractivity contribution >= 4 is 43.5 Å². The molecule has 0 atom stereocenters. The third-order valence-corrected chi connectivity index (χ3v) is 6.12. The second kappa shape index (κ2) is 6.97. The van der Waals surface area contributed by atoms with Crippen molar-refractivity contribution in [3.63, 3.8) is 0 Å². The molecule has 0 aliphatic carbocycles. The van der Waals surface area contributed by atoms with Crippen molar-refractivity contribution in [2.45, 2.75) is 17.7 Å². The lowest BCUT2D eigenvalue weighted by molar-refractivity contribution is -0.116. The molecule has 2 aromatic carbocycles. The number of rotatable bonds is 5. The van der Waals surface area contributed by atoms with Crippen molar-refractivity contribution in [3.05, 3.63) is 58.6 Å². The second-order valence-electron chi connectivity index (χ2n) is 5.54. The van der Waals surface area contributed by atoms with Gasteiger partial charge in [-0.3, -0.25) is 9.59 Å². The Bertz CT molecular complexity index is 943. The lowest BCUT2D eigenvalue weighted by Crippen LogP contribution is -2.31. The van der Waals surface area contributed by atoms with Gasteiger partial charge in [-0.15, -0.1) is 0 Å². The number of anilines is 1. The zero-order chi connectivity index (χ0) is 18.0. The molecule has 1 aliphatic rings. The van der Waals surface area contributed by atoms with Crippen molar-refractivity contribution in [1.29, 1.82) is 0 Å². The zero-order valence-corrected chi connectivity index (χ0v) is 15.5. The third kappa shape index (κ3) is 3.59. The Balaban J connectivity index is 1.59. The summed E-state index contributed by atoms with van der Waals surface area (Å²) in [5, 5.41) is 2.74. The molecule has 1 N–H and O–H groups in total. The monoisotopic (exact) mass is 422 g/mol. The lowest BCUT2D eigenvalue weighted by Gasteiger charge is -2.14. The smallest absolute Gasteiger partial charge is 0.269 e. The van der Waals surface area contributed by atoms with Crippen molar-refractivity contribution in [2.24, 2.45) is 0 Å². The molecular formula is C17H15BrN2O4S. The van der Waals surface area contributed by atoms with E-state index in [1.54, 1.807) is 30.3 Å². The Morgan fingerprint density at radius 3 is 2.60 bits per heavy atom. The lowest BCUT2D eigenvalue weighted by atomic mass is 10.2. The van der Waals surface area contributed by atoms with Gasteiger partial charge in [-0.25, -0.2) is 12.7 Å². The molecule has 3 rings (SSSR count). The first-order valence-corrected chi connectivity index (χ1v) is 9.84. The molecule has 130 valence electrons. The summed E-state index contributed by atoms with van der Waals surface area (Å²) in [5.74, 6) is -0.775. The SMILES string of the molecule is O=C(CCCN1C(=O)c2ccccc2S1(=O)=O)Nc1cccc(Br)c1. The number of amides is 2. The highest BCUT2D eigenvalue weighted by Crippen LogP contribution is 2.30. The molecule has 2 aromatic rings. The van der Waals surface area contributed by atoms with Gasteiger partial charge in [0.2, 0.25) is 5.91 Å². The van der Waals surface area contributed by atoms with Gasteiger partial charge in [0, 0.05) is 23.1 Å². The molecule has 1 aliphatic heterocycles. The van der Waals surface area contributed by atoms with Gasteiger partial charge in [-0.05, 0) is 36.8 Å². The maximum absolute atomic E-state index is 12.4. The number of carbonyl (C=O) groups excluding carboxylic acids is 2. The van der Waals surface area contributed by atoms with Crippen LogP contribution in [0.25, 0.3) is 0 Å². The minimum Gasteiger partial charge on any atom is -0.326 e. The number of hydrogen-bond donors (Lipinski definition) is 1. The normalized spacial score (nSPS) is 15.1. The van der Waals surface area contributed by atoms with E-state index < -0.39 is 15.9 Å². The highest BCUT2D eigenvalue weighted by Gasteiger charge is 2.40. The van der Waals surface area contributed by atoms with Crippen LogP contribution in [0, 0.1) is 0 Å². The summed E-state index contributed by atoms with van der Waals surface area (Å²) in [6.45, 7) is -0.0260. The van der Waals surface area contributed by atoms with Gasteiger partial charge in [0.05, 0.1) is 5.56 Å². The number of halogens is 1. The van der Waals surface area contributed by atoms with Crippen LogP contribution >= 0.6 is 15.9 Å². The number of benzene rings is 2. The molecule has 0 unspecified atom stereocenters. The van der Waals surface area contributed by atoms with E-state index in [2.05, 4.69) is 21.2 Å². The summed E-state index contributed by atoms with van der Waals surface area (Å²) < 4.78 is 26.5. The van der Waals surface area contributed by atoms with Crippen molar-refractivity contribution in [1.82, 2.24) is 4.31 Å². The first-order chi connectivity index (χ1) is 11.9. The van der Waals surface area contributed by atoms with Crippen LogP contribution in [0.5, 0.6) is 0 Å².